The molecular weight excluding hydrogens is 330 g/mol. The maximum atomic E-state index is 12.9. The lowest BCUT2D eigenvalue weighted by Crippen LogP contribution is -2.42. The van der Waals surface area contributed by atoms with Gasteiger partial charge in [0.15, 0.2) is 0 Å². The van der Waals surface area contributed by atoms with E-state index in [1.54, 1.807) is 53.5 Å². The van der Waals surface area contributed by atoms with E-state index in [-0.39, 0.29) is 11.9 Å². The lowest BCUT2D eigenvalue weighted by Gasteiger charge is -2.33. The van der Waals surface area contributed by atoms with Gasteiger partial charge in [0.25, 0.3) is 5.91 Å². The Hall–Kier alpha value is -2.38. The number of imidazole rings is 2. The Labute approximate surface area is 143 Å². The van der Waals surface area contributed by atoms with Crippen LogP contribution in [-0.4, -0.2) is 50.0 Å². The smallest absolute Gasteiger partial charge is 0.274 e. The number of hydrogen-bond acceptors (Lipinski definition) is 4. The van der Waals surface area contributed by atoms with Crippen LogP contribution >= 0.6 is 11.6 Å². The van der Waals surface area contributed by atoms with Crippen molar-refractivity contribution < 1.29 is 9.53 Å². The first-order valence-electron chi connectivity index (χ1n) is 7.59. The van der Waals surface area contributed by atoms with Crippen LogP contribution in [0.5, 0.6) is 0 Å². The van der Waals surface area contributed by atoms with Gasteiger partial charge in [0.05, 0.1) is 36.2 Å². The first-order chi connectivity index (χ1) is 11.7. The zero-order valence-corrected chi connectivity index (χ0v) is 13.8. The van der Waals surface area contributed by atoms with Crippen LogP contribution in [0.15, 0.2) is 37.1 Å². The van der Waals surface area contributed by atoms with Crippen molar-refractivity contribution in [2.24, 2.45) is 0 Å². The molecule has 4 heterocycles. The van der Waals surface area contributed by atoms with Crippen molar-refractivity contribution in [2.45, 2.75) is 12.6 Å². The van der Waals surface area contributed by atoms with Gasteiger partial charge < -0.3 is 18.6 Å². The van der Waals surface area contributed by atoms with E-state index < -0.39 is 0 Å². The standard InChI is InChI=1S/C16H16ClN5O2/c1-24-9-13-7-21(6-12-4-18-10-22(12)13)16(23)14-8-20-5-11(17)2-3-15(20)19-14/h2-5,8,10,13H,6-7,9H2,1H3. The maximum Gasteiger partial charge on any atom is 0.274 e. The molecule has 1 aliphatic heterocycles. The number of aromatic nitrogens is 4. The number of carbonyl (C=O) groups excluding carboxylic acids is 1. The molecule has 24 heavy (non-hydrogen) atoms. The van der Waals surface area contributed by atoms with Gasteiger partial charge >= 0.3 is 0 Å². The molecule has 1 aliphatic rings. The highest BCUT2D eigenvalue weighted by Crippen LogP contribution is 2.23. The number of amides is 1. The van der Waals surface area contributed by atoms with E-state index in [1.165, 1.54) is 0 Å². The fourth-order valence-electron chi connectivity index (χ4n) is 3.10. The molecule has 0 aromatic carbocycles. The summed E-state index contributed by atoms with van der Waals surface area (Å²) >= 11 is 5.99. The molecule has 1 atom stereocenters. The van der Waals surface area contributed by atoms with Gasteiger partial charge in [0, 0.05) is 32.2 Å². The average molecular weight is 346 g/mol. The molecule has 0 spiro atoms. The second-order valence-electron chi connectivity index (χ2n) is 5.83. The van der Waals surface area contributed by atoms with Crippen molar-refractivity contribution in [2.75, 3.05) is 20.3 Å². The van der Waals surface area contributed by atoms with Crippen LogP contribution in [0.1, 0.15) is 22.2 Å². The SMILES string of the molecule is COCC1CN(C(=O)c2cn3cc(Cl)ccc3n2)Cc2cncn21. The molecule has 0 radical (unpaired) electrons. The van der Waals surface area contributed by atoms with Crippen LogP contribution in [0.4, 0.5) is 0 Å². The maximum absolute atomic E-state index is 12.9. The Balaban J connectivity index is 1.64. The number of pyridine rings is 1. The van der Waals surface area contributed by atoms with Gasteiger partial charge in [-0.15, -0.1) is 0 Å². The minimum absolute atomic E-state index is 0.0525. The number of rotatable bonds is 3. The molecule has 3 aromatic rings. The van der Waals surface area contributed by atoms with E-state index in [9.17, 15) is 4.79 Å². The summed E-state index contributed by atoms with van der Waals surface area (Å²) in [4.78, 5) is 23.2. The predicted octanol–water partition coefficient (Wildman–Crippen LogP) is 2.03. The van der Waals surface area contributed by atoms with Crippen molar-refractivity contribution in [1.82, 2.24) is 23.8 Å². The summed E-state index contributed by atoms with van der Waals surface area (Å²) < 4.78 is 9.11. The first-order valence-corrected chi connectivity index (χ1v) is 7.96. The van der Waals surface area contributed by atoms with Gasteiger partial charge in [-0.25, -0.2) is 9.97 Å². The fourth-order valence-corrected chi connectivity index (χ4v) is 3.26. The summed E-state index contributed by atoms with van der Waals surface area (Å²) in [5.41, 5.74) is 2.09. The third kappa shape index (κ3) is 2.55. The summed E-state index contributed by atoms with van der Waals surface area (Å²) in [6.07, 6.45) is 7.01. The number of carbonyl (C=O) groups is 1. The highest BCUT2D eigenvalue weighted by Gasteiger charge is 2.29. The second kappa shape index (κ2) is 5.92. The van der Waals surface area contributed by atoms with Gasteiger partial charge in [0.2, 0.25) is 0 Å². The van der Waals surface area contributed by atoms with Crippen LogP contribution in [0, 0.1) is 0 Å². The molecule has 1 amide bonds. The Morgan fingerprint density at radius 2 is 2.29 bits per heavy atom. The molecule has 3 aromatic heterocycles. The minimum atomic E-state index is -0.108. The van der Waals surface area contributed by atoms with Crippen molar-refractivity contribution in [3.05, 3.63) is 53.5 Å². The monoisotopic (exact) mass is 345 g/mol. The summed E-state index contributed by atoms with van der Waals surface area (Å²) in [5, 5.41) is 0.598. The number of ether oxygens (including phenoxy) is 1. The van der Waals surface area contributed by atoms with Crippen LogP contribution in [0.3, 0.4) is 0 Å². The summed E-state index contributed by atoms with van der Waals surface area (Å²) in [7, 11) is 1.66. The molecule has 0 bridgehead atoms. The number of halogens is 1. The van der Waals surface area contributed by atoms with Crippen LogP contribution in [-0.2, 0) is 11.3 Å². The quantitative estimate of drug-likeness (QED) is 0.728. The van der Waals surface area contributed by atoms with Crippen LogP contribution < -0.4 is 0 Å². The highest BCUT2D eigenvalue weighted by molar-refractivity contribution is 6.30. The Bertz CT molecular complexity index is 903. The van der Waals surface area contributed by atoms with Gasteiger partial charge in [-0.2, -0.15) is 0 Å². The number of methoxy groups -OCH3 is 1. The summed E-state index contributed by atoms with van der Waals surface area (Å²) in [6, 6.07) is 3.60. The molecule has 0 fully saturated rings. The van der Waals surface area contributed by atoms with E-state index in [4.69, 9.17) is 16.3 Å². The Kier molecular flexibility index (Phi) is 3.74. The molecule has 0 saturated carbocycles. The molecule has 4 rings (SSSR count). The fraction of sp³-hybridized carbons (Fsp3) is 0.312. The normalized spacial score (nSPS) is 17.2. The third-order valence-corrected chi connectivity index (χ3v) is 4.43. The molecular formula is C16H16ClN5O2. The van der Waals surface area contributed by atoms with Crippen molar-refractivity contribution in [3.8, 4) is 0 Å². The summed E-state index contributed by atoms with van der Waals surface area (Å²) in [5.74, 6) is -0.108. The molecule has 0 aliphatic carbocycles. The lowest BCUT2D eigenvalue weighted by molar-refractivity contribution is 0.0595. The Morgan fingerprint density at radius 1 is 1.42 bits per heavy atom. The van der Waals surface area contributed by atoms with Gasteiger partial charge in [-0.05, 0) is 12.1 Å². The molecule has 7 nitrogen and oxygen atoms in total. The van der Waals surface area contributed by atoms with E-state index in [2.05, 4.69) is 14.5 Å². The van der Waals surface area contributed by atoms with Gasteiger partial charge in [-0.1, -0.05) is 11.6 Å². The minimum Gasteiger partial charge on any atom is -0.382 e. The number of fused-ring (bicyclic) bond motifs is 2. The molecule has 124 valence electrons. The predicted molar refractivity (Wildman–Crippen MR) is 88.1 cm³/mol. The second-order valence-corrected chi connectivity index (χ2v) is 6.26. The highest BCUT2D eigenvalue weighted by atomic mass is 35.5. The largest absolute Gasteiger partial charge is 0.382 e. The Morgan fingerprint density at radius 3 is 3.12 bits per heavy atom. The van der Waals surface area contributed by atoms with E-state index in [1.807, 2.05) is 0 Å². The molecule has 0 saturated heterocycles. The lowest BCUT2D eigenvalue weighted by atomic mass is 10.2. The van der Waals surface area contributed by atoms with E-state index >= 15 is 0 Å². The van der Waals surface area contributed by atoms with Crippen molar-refractivity contribution in [1.29, 1.82) is 0 Å². The number of hydrogen-bond donors (Lipinski definition) is 0. The molecule has 1 unspecified atom stereocenters. The van der Waals surface area contributed by atoms with Crippen LogP contribution in [0.2, 0.25) is 5.02 Å². The van der Waals surface area contributed by atoms with Crippen LogP contribution in [0.25, 0.3) is 5.65 Å². The molecule has 8 heteroatoms. The van der Waals surface area contributed by atoms with E-state index in [0.29, 0.717) is 36.1 Å². The van der Waals surface area contributed by atoms with Crippen molar-refractivity contribution in [3.63, 3.8) is 0 Å². The topological polar surface area (TPSA) is 64.7 Å². The zero-order chi connectivity index (χ0) is 16.7. The first kappa shape index (κ1) is 15.2. The van der Waals surface area contributed by atoms with Gasteiger partial charge in [0.1, 0.15) is 11.3 Å². The molecule has 0 N–H and O–H groups in total. The van der Waals surface area contributed by atoms with Crippen molar-refractivity contribution >= 4 is 23.2 Å². The third-order valence-electron chi connectivity index (χ3n) is 4.20. The van der Waals surface area contributed by atoms with Gasteiger partial charge in [-0.3, -0.25) is 4.79 Å². The summed E-state index contributed by atoms with van der Waals surface area (Å²) in [6.45, 7) is 1.59. The average Bonchev–Trinajstić information content (AvgIpc) is 3.20. The van der Waals surface area contributed by atoms with E-state index in [0.717, 1.165) is 5.69 Å². The number of nitrogens with zero attached hydrogens (tertiary/aromatic N) is 5. The zero-order valence-electron chi connectivity index (χ0n) is 13.1.